The van der Waals surface area contributed by atoms with Crippen molar-refractivity contribution in [2.24, 2.45) is 5.92 Å². The Labute approximate surface area is 163 Å². The largest absolute Gasteiger partial charge is 0.466 e. The lowest BCUT2D eigenvalue weighted by Crippen LogP contribution is -2.39. The quantitative estimate of drug-likeness (QED) is 0.709. The molecule has 1 aliphatic heterocycles. The average Bonchev–Trinajstić information content (AvgIpc) is 3.10. The molecule has 1 aromatic heterocycles. The molecule has 1 saturated heterocycles. The average molecular weight is 388 g/mol. The van der Waals surface area contributed by atoms with Gasteiger partial charge in [0.15, 0.2) is 5.13 Å². The number of carbonyl (C=O) groups excluding carboxylic acids is 2. The number of para-hydroxylation sites is 1. The number of hydrogen-bond donors (Lipinski definition) is 0. The highest BCUT2D eigenvalue weighted by Gasteiger charge is 2.27. The Bertz CT molecular complexity index is 778. The van der Waals surface area contributed by atoms with Crippen molar-refractivity contribution in [3.63, 3.8) is 0 Å². The maximum absolute atomic E-state index is 12.2. The first-order valence-corrected chi connectivity index (χ1v) is 10.2. The van der Waals surface area contributed by atoms with Gasteiger partial charge in [0.2, 0.25) is 5.91 Å². The molecule has 2 heterocycles. The second kappa shape index (κ2) is 9.10. The van der Waals surface area contributed by atoms with E-state index in [0.717, 1.165) is 30.8 Å². The van der Waals surface area contributed by atoms with Crippen molar-refractivity contribution in [2.75, 3.05) is 24.6 Å². The Kier molecular flexibility index (Phi) is 6.58. The fourth-order valence-electron chi connectivity index (χ4n) is 3.36. The van der Waals surface area contributed by atoms with E-state index in [9.17, 15) is 9.59 Å². The molecule has 1 aromatic carbocycles. The Morgan fingerprint density at radius 3 is 2.81 bits per heavy atom. The molecule has 1 atom stereocenters. The number of hydrogen-bond acceptors (Lipinski definition) is 6. The van der Waals surface area contributed by atoms with E-state index in [4.69, 9.17) is 4.74 Å². The van der Waals surface area contributed by atoms with Crippen LogP contribution >= 0.6 is 11.3 Å². The molecule has 3 rings (SSSR count). The molecular formula is C20H25N3O3S. The third-order valence-electron chi connectivity index (χ3n) is 4.57. The van der Waals surface area contributed by atoms with E-state index in [0.29, 0.717) is 24.8 Å². The second-order valence-electron chi connectivity index (χ2n) is 6.64. The van der Waals surface area contributed by atoms with Gasteiger partial charge < -0.3 is 4.74 Å². The zero-order chi connectivity index (χ0) is 19.2. The van der Waals surface area contributed by atoms with Gasteiger partial charge in [0.05, 0.1) is 23.9 Å². The number of rotatable bonds is 6. The second-order valence-corrected chi connectivity index (χ2v) is 7.47. The third-order valence-corrected chi connectivity index (χ3v) is 5.45. The van der Waals surface area contributed by atoms with Gasteiger partial charge in [0, 0.05) is 25.4 Å². The molecule has 144 valence electrons. The van der Waals surface area contributed by atoms with Gasteiger partial charge in [-0.2, -0.15) is 0 Å². The summed E-state index contributed by atoms with van der Waals surface area (Å²) in [6, 6.07) is 9.53. The fourth-order valence-corrected chi connectivity index (χ4v) is 4.23. The number of aromatic nitrogens is 1. The summed E-state index contributed by atoms with van der Waals surface area (Å²) in [5, 5.41) is 2.66. The summed E-state index contributed by atoms with van der Waals surface area (Å²) in [5.41, 5.74) is 1.73. The normalized spacial score (nSPS) is 17.5. The fraction of sp³-hybridized carbons (Fsp3) is 0.450. The van der Waals surface area contributed by atoms with E-state index in [1.165, 1.54) is 11.3 Å². The molecule has 0 unspecified atom stereocenters. The van der Waals surface area contributed by atoms with E-state index in [-0.39, 0.29) is 17.8 Å². The van der Waals surface area contributed by atoms with Crippen LogP contribution in [0.3, 0.4) is 0 Å². The van der Waals surface area contributed by atoms with E-state index in [1.54, 1.807) is 11.8 Å². The number of ether oxygens (including phenoxy) is 1. The molecule has 1 fully saturated rings. The SMILES string of the molecule is CCOC(=O)[C@@H]1CCCN(Cc2csc(N(C(C)=O)c3ccccc3)n2)C1. The summed E-state index contributed by atoms with van der Waals surface area (Å²) in [6.07, 6.45) is 1.85. The van der Waals surface area contributed by atoms with E-state index in [1.807, 2.05) is 42.6 Å². The lowest BCUT2D eigenvalue weighted by molar-refractivity contribution is -0.150. The molecule has 0 N–H and O–H groups in total. The molecule has 0 radical (unpaired) electrons. The highest BCUT2D eigenvalue weighted by atomic mass is 32.1. The molecule has 2 aromatic rings. The molecule has 0 saturated carbocycles. The lowest BCUT2D eigenvalue weighted by Gasteiger charge is -2.30. The zero-order valence-corrected chi connectivity index (χ0v) is 16.6. The Hall–Kier alpha value is -2.25. The summed E-state index contributed by atoms with van der Waals surface area (Å²) in [4.78, 5) is 32.7. The number of piperidine rings is 1. The van der Waals surface area contributed by atoms with E-state index < -0.39 is 0 Å². The molecule has 0 spiro atoms. The van der Waals surface area contributed by atoms with Crippen LogP contribution in [-0.2, 0) is 20.9 Å². The first kappa shape index (κ1) is 19.5. The van der Waals surface area contributed by atoms with Crippen LogP contribution in [-0.4, -0.2) is 41.5 Å². The van der Waals surface area contributed by atoms with Gasteiger partial charge in [0.25, 0.3) is 0 Å². The highest BCUT2D eigenvalue weighted by Crippen LogP contribution is 2.29. The van der Waals surface area contributed by atoms with Gasteiger partial charge in [-0.05, 0) is 38.4 Å². The topological polar surface area (TPSA) is 62.7 Å². The van der Waals surface area contributed by atoms with Crippen LogP contribution in [0.2, 0.25) is 0 Å². The first-order valence-electron chi connectivity index (χ1n) is 9.27. The monoisotopic (exact) mass is 387 g/mol. The van der Waals surface area contributed by atoms with Crippen molar-refractivity contribution in [1.29, 1.82) is 0 Å². The number of anilines is 2. The smallest absolute Gasteiger partial charge is 0.310 e. The number of nitrogens with zero attached hydrogens (tertiary/aromatic N) is 3. The van der Waals surface area contributed by atoms with Crippen LogP contribution < -0.4 is 4.90 Å². The van der Waals surface area contributed by atoms with Crippen LogP contribution in [0.4, 0.5) is 10.8 Å². The zero-order valence-electron chi connectivity index (χ0n) is 15.8. The summed E-state index contributed by atoms with van der Waals surface area (Å²) < 4.78 is 5.17. The molecule has 0 bridgehead atoms. The third kappa shape index (κ3) is 4.93. The standard InChI is InChI=1S/C20H25N3O3S/c1-3-26-19(25)16-8-7-11-22(12-16)13-17-14-27-20(21-17)23(15(2)24)18-9-5-4-6-10-18/h4-6,9-10,14,16H,3,7-8,11-13H2,1-2H3/t16-/m1/s1. The van der Waals surface area contributed by atoms with Gasteiger partial charge in [-0.15, -0.1) is 11.3 Å². The van der Waals surface area contributed by atoms with Gasteiger partial charge >= 0.3 is 5.97 Å². The molecule has 27 heavy (non-hydrogen) atoms. The molecule has 7 heteroatoms. The van der Waals surface area contributed by atoms with Crippen molar-refractivity contribution in [3.05, 3.63) is 41.4 Å². The number of esters is 1. The van der Waals surface area contributed by atoms with Gasteiger partial charge in [-0.25, -0.2) is 4.98 Å². The predicted octanol–water partition coefficient (Wildman–Crippen LogP) is 3.60. The molecule has 6 nitrogen and oxygen atoms in total. The summed E-state index contributed by atoms with van der Waals surface area (Å²) in [7, 11) is 0. The number of benzene rings is 1. The lowest BCUT2D eigenvalue weighted by atomic mass is 9.98. The molecule has 1 aliphatic rings. The van der Waals surface area contributed by atoms with Crippen LogP contribution in [0.15, 0.2) is 35.7 Å². The van der Waals surface area contributed by atoms with Gasteiger partial charge in [-0.1, -0.05) is 18.2 Å². The van der Waals surface area contributed by atoms with Crippen LogP contribution in [0.5, 0.6) is 0 Å². The number of thiazole rings is 1. The number of amides is 1. The van der Waals surface area contributed by atoms with Crippen molar-refractivity contribution in [1.82, 2.24) is 9.88 Å². The van der Waals surface area contributed by atoms with Crippen molar-refractivity contribution in [3.8, 4) is 0 Å². The Morgan fingerprint density at radius 1 is 1.33 bits per heavy atom. The number of likely N-dealkylation sites (tertiary alicyclic amines) is 1. The van der Waals surface area contributed by atoms with Gasteiger partial charge in [0.1, 0.15) is 0 Å². The van der Waals surface area contributed by atoms with E-state index in [2.05, 4.69) is 9.88 Å². The van der Waals surface area contributed by atoms with E-state index >= 15 is 0 Å². The van der Waals surface area contributed by atoms with Crippen molar-refractivity contribution < 1.29 is 14.3 Å². The number of carbonyl (C=O) groups is 2. The van der Waals surface area contributed by atoms with Gasteiger partial charge in [-0.3, -0.25) is 19.4 Å². The minimum atomic E-state index is -0.104. The van der Waals surface area contributed by atoms with Crippen LogP contribution in [0, 0.1) is 5.92 Å². The Morgan fingerprint density at radius 2 is 2.11 bits per heavy atom. The van der Waals surface area contributed by atoms with Crippen molar-refractivity contribution >= 4 is 34.0 Å². The van der Waals surface area contributed by atoms with Crippen LogP contribution in [0.1, 0.15) is 32.4 Å². The molecule has 0 aliphatic carbocycles. The first-order chi connectivity index (χ1) is 13.1. The molecule has 1 amide bonds. The Balaban J connectivity index is 1.68. The maximum Gasteiger partial charge on any atom is 0.310 e. The predicted molar refractivity (Wildman–Crippen MR) is 106 cm³/mol. The maximum atomic E-state index is 12.2. The van der Waals surface area contributed by atoms with Crippen molar-refractivity contribution in [2.45, 2.75) is 33.2 Å². The summed E-state index contributed by atoms with van der Waals surface area (Å²) >= 11 is 1.46. The summed E-state index contributed by atoms with van der Waals surface area (Å²) in [6.45, 7) is 6.11. The summed E-state index contributed by atoms with van der Waals surface area (Å²) in [5.74, 6) is -0.231. The minimum Gasteiger partial charge on any atom is -0.466 e. The molecular weight excluding hydrogens is 362 g/mol. The van der Waals surface area contributed by atoms with Crippen LogP contribution in [0.25, 0.3) is 0 Å². The highest BCUT2D eigenvalue weighted by molar-refractivity contribution is 7.14. The minimum absolute atomic E-state index is 0.0603.